The van der Waals surface area contributed by atoms with Gasteiger partial charge in [0.1, 0.15) is 17.6 Å². The number of benzene rings is 1. The van der Waals surface area contributed by atoms with Crippen molar-refractivity contribution in [1.29, 1.82) is 0 Å². The van der Waals surface area contributed by atoms with E-state index in [1.807, 2.05) is 0 Å². The molecule has 0 spiro atoms. The Morgan fingerprint density at radius 3 is 2.81 bits per heavy atom. The summed E-state index contributed by atoms with van der Waals surface area (Å²) in [5.41, 5.74) is 5.80. The summed E-state index contributed by atoms with van der Waals surface area (Å²) in [6.45, 7) is 0. The maximum Gasteiger partial charge on any atom is 0.320 e. The molecule has 1 unspecified atom stereocenters. The van der Waals surface area contributed by atoms with Crippen molar-refractivity contribution in [1.82, 2.24) is 0 Å². The molecule has 0 bridgehead atoms. The third-order valence-corrected chi connectivity index (χ3v) is 2.64. The zero-order chi connectivity index (χ0) is 12.3. The molecule has 6 heteroatoms. The average molecular weight is 292 g/mol. The molecule has 16 heavy (non-hydrogen) atoms. The first-order chi connectivity index (χ1) is 7.45. The maximum absolute atomic E-state index is 13.1. The standard InChI is InChI=1S/C10H11BrFNO3/c1-16-9-5(3-8(13)10(14)15)2-6(12)4-7(9)11/h2,4,8H,3,13H2,1H3,(H,14,15). The van der Waals surface area contributed by atoms with Gasteiger partial charge in [-0.05, 0) is 28.1 Å². The van der Waals surface area contributed by atoms with Crippen molar-refractivity contribution in [2.75, 3.05) is 7.11 Å². The lowest BCUT2D eigenvalue weighted by atomic mass is 10.1. The fourth-order valence-electron chi connectivity index (χ4n) is 1.32. The van der Waals surface area contributed by atoms with Crippen LogP contribution in [0.3, 0.4) is 0 Å². The molecule has 1 rings (SSSR count). The van der Waals surface area contributed by atoms with Crippen LogP contribution in [0.5, 0.6) is 5.75 Å². The van der Waals surface area contributed by atoms with Gasteiger partial charge < -0.3 is 15.6 Å². The zero-order valence-corrected chi connectivity index (χ0v) is 10.1. The van der Waals surface area contributed by atoms with Gasteiger partial charge in [0.05, 0.1) is 11.6 Å². The minimum Gasteiger partial charge on any atom is -0.495 e. The lowest BCUT2D eigenvalue weighted by Crippen LogP contribution is -2.32. The van der Waals surface area contributed by atoms with Gasteiger partial charge in [-0.2, -0.15) is 0 Å². The monoisotopic (exact) mass is 291 g/mol. The lowest BCUT2D eigenvalue weighted by molar-refractivity contribution is -0.138. The number of nitrogens with two attached hydrogens (primary N) is 1. The van der Waals surface area contributed by atoms with Crippen molar-refractivity contribution in [2.45, 2.75) is 12.5 Å². The fourth-order valence-corrected chi connectivity index (χ4v) is 1.95. The third-order valence-electron chi connectivity index (χ3n) is 2.05. The number of halogens is 2. The summed E-state index contributed by atoms with van der Waals surface area (Å²) in [6.07, 6.45) is 0.00880. The fraction of sp³-hybridized carbons (Fsp3) is 0.300. The Hall–Kier alpha value is -1.14. The van der Waals surface area contributed by atoms with Crippen molar-refractivity contribution in [3.63, 3.8) is 0 Å². The van der Waals surface area contributed by atoms with Crippen LogP contribution >= 0.6 is 15.9 Å². The summed E-state index contributed by atoms with van der Waals surface area (Å²) in [6, 6.07) is 1.38. The molecule has 0 aliphatic heterocycles. The Kier molecular flexibility index (Phi) is 4.26. The normalized spacial score (nSPS) is 12.2. The summed E-state index contributed by atoms with van der Waals surface area (Å²) in [7, 11) is 1.42. The van der Waals surface area contributed by atoms with Crippen molar-refractivity contribution in [3.8, 4) is 5.75 Å². The molecule has 0 radical (unpaired) electrons. The summed E-state index contributed by atoms with van der Waals surface area (Å²) < 4.78 is 18.6. The summed E-state index contributed by atoms with van der Waals surface area (Å²) in [5.74, 6) is -1.21. The van der Waals surface area contributed by atoms with Crippen LogP contribution in [-0.4, -0.2) is 24.2 Å². The second-order valence-corrected chi connectivity index (χ2v) is 4.08. The van der Waals surface area contributed by atoms with Crippen LogP contribution in [0.25, 0.3) is 0 Å². The number of carboxylic acid groups (broad SMARTS) is 1. The number of hydrogen-bond acceptors (Lipinski definition) is 3. The van der Waals surface area contributed by atoms with Crippen molar-refractivity contribution in [3.05, 3.63) is 28.0 Å². The Balaban J connectivity index is 3.07. The Morgan fingerprint density at radius 2 is 2.31 bits per heavy atom. The van der Waals surface area contributed by atoms with E-state index in [1.165, 1.54) is 19.2 Å². The van der Waals surface area contributed by atoms with Crippen LogP contribution in [0, 0.1) is 5.82 Å². The van der Waals surface area contributed by atoms with E-state index in [2.05, 4.69) is 15.9 Å². The van der Waals surface area contributed by atoms with Gasteiger partial charge in [-0.25, -0.2) is 4.39 Å². The van der Waals surface area contributed by atoms with Gasteiger partial charge in [0.25, 0.3) is 0 Å². The van der Waals surface area contributed by atoms with Crippen LogP contribution in [0.15, 0.2) is 16.6 Å². The maximum atomic E-state index is 13.1. The van der Waals surface area contributed by atoms with Gasteiger partial charge in [-0.3, -0.25) is 4.79 Å². The molecule has 0 amide bonds. The van der Waals surface area contributed by atoms with Gasteiger partial charge in [0.15, 0.2) is 0 Å². The van der Waals surface area contributed by atoms with Crippen molar-refractivity contribution < 1.29 is 19.0 Å². The minimum absolute atomic E-state index is 0.00880. The predicted octanol–water partition coefficient (Wildman–Crippen LogP) is 1.55. The molecule has 4 nitrogen and oxygen atoms in total. The summed E-state index contributed by atoms with van der Waals surface area (Å²) in [5, 5.41) is 8.67. The number of carbonyl (C=O) groups is 1. The molecular weight excluding hydrogens is 281 g/mol. The number of methoxy groups -OCH3 is 1. The molecule has 0 aromatic heterocycles. The SMILES string of the molecule is COc1c(Br)cc(F)cc1CC(N)C(=O)O. The lowest BCUT2D eigenvalue weighted by Gasteiger charge is -2.12. The molecule has 0 heterocycles. The molecule has 0 aliphatic rings. The molecule has 1 atom stereocenters. The molecular formula is C10H11BrFNO3. The van der Waals surface area contributed by atoms with Gasteiger partial charge in [0.2, 0.25) is 0 Å². The Labute approximate surface area is 100 Å². The molecule has 1 aromatic rings. The molecule has 0 saturated carbocycles. The largest absolute Gasteiger partial charge is 0.495 e. The van der Waals surface area contributed by atoms with Crippen molar-refractivity contribution in [2.24, 2.45) is 5.73 Å². The molecule has 1 aromatic carbocycles. The average Bonchev–Trinajstić information content (AvgIpc) is 2.16. The van der Waals surface area contributed by atoms with Gasteiger partial charge in [-0.15, -0.1) is 0 Å². The van der Waals surface area contributed by atoms with Gasteiger partial charge >= 0.3 is 5.97 Å². The summed E-state index contributed by atoms with van der Waals surface area (Å²) in [4.78, 5) is 10.6. The number of hydrogen-bond donors (Lipinski definition) is 2. The minimum atomic E-state index is -1.14. The van der Waals surface area contributed by atoms with E-state index in [4.69, 9.17) is 15.6 Å². The predicted molar refractivity (Wildman–Crippen MR) is 60.0 cm³/mol. The van der Waals surface area contributed by atoms with E-state index in [9.17, 15) is 9.18 Å². The van der Waals surface area contributed by atoms with E-state index in [0.29, 0.717) is 15.8 Å². The number of rotatable bonds is 4. The van der Waals surface area contributed by atoms with Crippen LogP contribution < -0.4 is 10.5 Å². The Bertz CT molecular complexity index is 411. The summed E-state index contributed by atoms with van der Waals surface area (Å²) >= 11 is 3.13. The van der Waals surface area contributed by atoms with E-state index >= 15 is 0 Å². The highest BCUT2D eigenvalue weighted by Gasteiger charge is 2.17. The quantitative estimate of drug-likeness (QED) is 0.883. The van der Waals surface area contributed by atoms with Crippen molar-refractivity contribution >= 4 is 21.9 Å². The molecule has 0 saturated heterocycles. The smallest absolute Gasteiger partial charge is 0.320 e. The highest BCUT2D eigenvalue weighted by atomic mass is 79.9. The first-order valence-electron chi connectivity index (χ1n) is 4.46. The number of ether oxygens (including phenoxy) is 1. The number of carboxylic acids is 1. The number of aliphatic carboxylic acids is 1. The third kappa shape index (κ3) is 2.93. The first-order valence-corrected chi connectivity index (χ1v) is 5.25. The van der Waals surface area contributed by atoms with Gasteiger partial charge in [-0.1, -0.05) is 0 Å². The van der Waals surface area contributed by atoms with Gasteiger partial charge in [0, 0.05) is 12.0 Å². The molecule has 0 aliphatic carbocycles. The topological polar surface area (TPSA) is 72.5 Å². The van der Waals surface area contributed by atoms with E-state index < -0.39 is 17.8 Å². The zero-order valence-electron chi connectivity index (χ0n) is 8.54. The van der Waals surface area contributed by atoms with E-state index in [0.717, 1.165) is 0 Å². The first kappa shape index (κ1) is 12.9. The highest BCUT2D eigenvalue weighted by Crippen LogP contribution is 2.30. The van der Waals surface area contributed by atoms with Crippen LogP contribution in [0.4, 0.5) is 4.39 Å². The second kappa shape index (κ2) is 5.27. The molecule has 88 valence electrons. The van der Waals surface area contributed by atoms with E-state index in [1.54, 1.807) is 0 Å². The Morgan fingerprint density at radius 1 is 1.69 bits per heavy atom. The second-order valence-electron chi connectivity index (χ2n) is 3.23. The molecule has 0 fully saturated rings. The van der Waals surface area contributed by atoms with Crippen LogP contribution in [0.1, 0.15) is 5.56 Å². The van der Waals surface area contributed by atoms with Crippen LogP contribution in [-0.2, 0) is 11.2 Å². The molecule has 3 N–H and O–H groups in total. The van der Waals surface area contributed by atoms with Crippen LogP contribution in [0.2, 0.25) is 0 Å². The highest BCUT2D eigenvalue weighted by molar-refractivity contribution is 9.10. The van der Waals surface area contributed by atoms with E-state index in [-0.39, 0.29) is 6.42 Å².